The van der Waals surface area contributed by atoms with Crippen LogP contribution in [0.1, 0.15) is 23.0 Å². The molecule has 0 saturated heterocycles. The minimum absolute atomic E-state index is 0.114. The first-order valence-electron chi connectivity index (χ1n) is 5.58. The third-order valence-electron chi connectivity index (χ3n) is 2.75. The van der Waals surface area contributed by atoms with Crippen molar-refractivity contribution in [1.82, 2.24) is 9.78 Å². The summed E-state index contributed by atoms with van der Waals surface area (Å²) in [6, 6.07) is 0. The number of halogens is 6. The Balaban J connectivity index is 2.73. The van der Waals surface area contributed by atoms with Gasteiger partial charge < -0.3 is 0 Å². The van der Waals surface area contributed by atoms with Gasteiger partial charge in [0.1, 0.15) is 11.3 Å². The minimum Gasteiger partial charge on any atom is -0.287 e. The van der Waals surface area contributed by atoms with Crippen molar-refractivity contribution in [1.29, 1.82) is 0 Å². The molecule has 2 aromatic rings. The highest BCUT2D eigenvalue weighted by Crippen LogP contribution is 2.27. The van der Waals surface area contributed by atoms with Gasteiger partial charge in [-0.25, -0.2) is 22.0 Å². The molecule has 0 fully saturated rings. The highest BCUT2D eigenvalue weighted by molar-refractivity contribution is 6.34. The Hall–Kier alpha value is -1.96. The van der Waals surface area contributed by atoms with Crippen LogP contribution in [0.4, 0.5) is 22.0 Å². The van der Waals surface area contributed by atoms with Gasteiger partial charge in [-0.3, -0.25) is 9.48 Å². The number of rotatable bonds is 3. The van der Waals surface area contributed by atoms with Crippen LogP contribution in [0.2, 0.25) is 5.02 Å². The van der Waals surface area contributed by atoms with Crippen molar-refractivity contribution < 1.29 is 26.7 Å². The smallest absolute Gasteiger partial charge is 0.218 e. The van der Waals surface area contributed by atoms with Crippen LogP contribution in [0.25, 0.3) is 0 Å². The SMILES string of the molecule is CCn1ncc(Cl)c1C(=O)c1c(F)c(F)c(F)c(F)c1F. The number of nitrogens with zero attached hydrogens (tertiary/aromatic N) is 2. The summed E-state index contributed by atoms with van der Waals surface area (Å²) in [7, 11) is 0. The summed E-state index contributed by atoms with van der Waals surface area (Å²) < 4.78 is 67.4. The van der Waals surface area contributed by atoms with Crippen molar-refractivity contribution in [2.45, 2.75) is 13.5 Å². The topological polar surface area (TPSA) is 34.9 Å². The van der Waals surface area contributed by atoms with Gasteiger partial charge in [-0.2, -0.15) is 5.10 Å². The van der Waals surface area contributed by atoms with Crippen molar-refractivity contribution in [2.75, 3.05) is 0 Å². The second-order valence-corrected chi connectivity index (χ2v) is 4.34. The molecule has 1 aromatic heterocycles. The zero-order chi connectivity index (χ0) is 15.9. The Morgan fingerprint density at radius 1 is 1.10 bits per heavy atom. The molecule has 0 N–H and O–H groups in total. The Kier molecular flexibility index (Phi) is 3.99. The maximum atomic E-state index is 13.6. The van der Waals surface area contributed by atoms with Crippen LogP contribution >= 0.6 is 11.6 Å². The lowest BCUT2D eigenvalue weighted by Gasteiger charge is -2.09. The molecule has 0 saturated carbocycles. The van der Waals surface area contributed by atoms with Crippen molar-refractivity contribution in [2.24, 2.45) is 0 Å². The fourth-order valence-corrected chi connectivity index (χ4v) is 1.98. The third-order valence-corrected chi connectivity index (χ3v) is 3.02. The van der Waals surface area contributed by atoms with Crippen LogP contribution in [-0.2, 0) is 6.54 Å². The zero-order valence-corrected chi connectivity index (χ0v) is 11.1. The lowest BCUT2D eigenvalue weighted by Crippen LogP contribution is -2.17. The van der Waals surface area contributed by atoms with Gasteiger partial charge in [0.15, 0.2) is 23.3 Å². The molecular formula is C12H6ClF5N2O. The Morgan fingerprint density at radius 3 is 2.05 bits per heavy atom. The van der Waals surface area contributed by atoms with E-state index in [1.54, 1.807) is 6.92 Å². The number of benzene rings is 1. The summed E-state index contributed by atoms with van der Waals surface area (Å²) in [5.74, 6) is -12.6. The van der Waals surface area contributed by atoms with Crippen molar-refractivity contribution in [3.05, 3.63) is 51.6 Å². The van der Waals surface area contributed by atoms with Gasteiger partial charge >= 0.3 is 0 Å². The summed E-state index contributed by atoms with van der Waals surface area (Å²) in [6.45, 7) is 1.67. The van der Waals surface area contributed by atoms with Crippen molar-refractivity contribution >= 4 is 17.4 Å². The molecule has 3 nitrogen and oxygen atoms in total. The molecule has 2 rings (SSSR count). The lowest BCUT2D eigenvalue weighted by molar-refractivity contribution is 0.101. The number of aryl methyl sites for hydroxylation is 1. The van der Waals surface area contributed by atoms with Gasteiger partial charge in [0.25, 0.3) is 0 Å². The summed E-state index contributed by atoms with van der Waals surface area (Å²) in [4.78, 5) is 12.1. The molecule has 0 bridgehead atoms. The van der Waals surface area contributed by atoms with Gasteiger partial charge in [-0.05, 0) is 6.92 Å². The molecular weight excluding hydrogens is 319 g/mol. The van der Waals surface area contributed by atoms with Gasteiger partial charge in [0.05, 0.1) is 11.2 Å². The van der Waals surface area contributed by atoms with E-state index >= 15 is 0 Å². The van der Waals surface area contributed by atoms with Crippen LogP contribution in [0, 0.1) is 29.1 Å². The summed E-state index contributed by atoms with van der Waals surface area (Å²) >= 11 is 5.67. The van der Waals surface area contributed by atoms with E-state index in [-0.39, 0.29) is 11.6 Å². The van der Waals surface area contributed by atoms with E-state index in [0.29, 0.717) is 0 Å². The Morgan fingerprint density at radius 2 is 1.57 bits per heavy atom. The predicted octanol–water partition coefficient (Wildman–Crippen LogP) is 3.48. The van der Waals surface area contributed by atoms with E-state index in [1.807, 2.05) is 0 Å². The molecule has 0 atom stereocenters. The molecule has 21 heavy (non-hydrogen) atoms. The molecule has 1 heterocycles. The number of hydrogen-bond acceptors (Lipinski definition) is 2. The van der Waals surface area contributed by atoms with Crippen molar-refractivity contribution in [3.8, 4) is 0 Å². The van der Waals surface area contributed by atoms with Gasteiger partial charge in [-0.1, -0.05) is 11.6 Å². The maximum absolute atomic E-state index is 13.6. The summed E-state index contributed by atoms with van der Waals surface area (Å²) in [5.41, 5.74) is -2.02. The number of carbonyl (C=O) groups is 1. The monoisotopic (exact) mass is 324 g/mol. The maximum Gasteiger partial charge on any atom is 0.218 e. The fourth-order valence-electron chi connectivity index (χ4n) is 1.75. The Labute approximate surface area is 119 Å². The fraction of sp³-hybridized carbons (Fsp3) is 0.167. The highest BCUT2D eigenvalue weighted by atomic mass is 35.5. The average Bonchev–Trinajstić information content (AvgIpc) is 2.84. The van der Waals surface area contributed by atoms with Gasteiger partial charge in [0, 0.05) is 6.54 Å². The molecule has 0 unspecified atom stereocenters. The molecule has 0 radical (unpaired) electrons. The lowest BCUT2D eigenvalue weighted by atomic mass is 10.1. The van der Waals surface area contributed by atoms with Gasteiger partial charge in [0.2, 0.25) is 11.6 Å². The number of aromatic nitrogens is 2. The molecule has 0 aliphatic rings. The Bertz CT molecular complexity index is 715. The van der Waals surface area contributed by atoms with Crippen LogP contribution < -0.4 is 0 Å². The number of carbonyl (C=O) groups excluding carboxylic acids is 1. The minimum atomic E-state index is -2.34. The molecule has 1 aromatic carbocycles. The van der Waals surface area contributed by atoms with E-state index in [4.69, 9.17) is 11.6 Å². The first-order valence-corrected chi connectivity index (χ1v) is 5.96. The molecule has 0 aliphatic carbocycles. The largest absolute Gasteiger partial charge is 0.287 e. The summed E-state index contributed by atoms with van der Waals surface area (Å²) in [6.07, 6.45) is 1.03. The standard InChI is InChI=1S/C12H6ClF5N2O/c1-2-20-11(4(13)3-19-20)12(21)5-6(14)8(16)10(18)9(17)7(5)15/h3H,2H2,1H3. The second kappa shape index (κ2) is 5.44. The number of hydrogen-bond donors (Lipinski definition) is 0. The number of ketones is 1. The van der Waals surface area contributed by atoms with Crippen molar-refractivity contribution in [3.63, 3.8) is 0 Å². The average molecular weight is 325 g/mol. The highest BCUT2D eigenvalue weighted by Gasteiger charge is 2.32. The van der Waals surface area contributed by atoms with Crippen LogP contribution in [-0.4, -0.2) is 15.6 Å². The molecule has 0 amide bonds. The third kappa shape index (κ3) is 2.29. The molecule has 9 heteroatoms. The van der Waals surface area contributed by atoms with Crippen LogP contribution in [0.15, 0.2) is 6.20 Å². The van der Waals surface area contributed by atoms with E-state index in [2.05, 4.69) is 5.10 Å². The first-order chi connectivity index (χ1) is 9.81. The molecule has 112 valence electrons. The quantitative estimate of drug-likeness (QED) is 0.375. The van der Waals surface area contributed by atoms with E-state index < -0.39 is 46.1 Å². The van der Waals surface area contributed by atoms with Crippen LogP contribution in [0.3, 0.4) is 0 Å². The predicted molar refractivity (Wildman–Crippen MR) is 62.6 cm³/mol. The van der Waals surface area contributed by atoms with E-state index in [9.17, 15) is 26.7 Å². The first kappa shape index (κ1) is 15.4. The van der Waals surface area contributed by atoms with E-state index in [1.165, 1.54) is 0 Å². The normalized spacial score (nSPS) is 11.0. The second-order valence-electron chi connectivity index (χ2n) is 3.93. The summed E-state index contributed by atoms with van der Waals surface area (Å²) in [5, 5.41) is 3.40. The zero-order valence-electron chi connectivity index (χ0n) is 10.4. The van der Waals surface area contributed by atoms with E-state index in [0.717, 1.165) is 10.9 Å². The molecule has 0 spiro atoms. The molecule has 0 aliphatic heterocycles. The van der Waals surface area contributed by atoms with Gasteiger partial charge in [-0.15, -0.1) is 0 Å². The van der Waals surface area contributed by atoms with Crippen LogP contribution in [0.5, 0.6) is 0 Å².